The molecule has 1 aromatic carbocycles. The first kappa shape index (κ1) is 46.1. The van der Waals surface area contributed by atoms with E-state index in [-0.39, 0.29) is 82.5 Å². The number of carbonyl (C=O) groups excluding carboxylic acids is 8. The van der Waals surface area contributed by atoms with Gasteiger partial charge in [0.2, 0.25) is 17.7 Å². The van der Waals surface area contributed by atoms with Gasteiger partial charge in [-0.25, -0.2) is 19.8 Å². The van der Waals surface area contributed by atoms with Gasteiger partial charge in [0.25, 0.3) is 11.8 Å². The Hall–Kier alpha value is -5.03. The SMILES string of the molecule is CC(C)[C@H](NC(=O)CCCCCN1C(=O)C=CC1=O)C(=O)N[C@@H](CCCNC(N)=O)C(=O)Nc1ccc(COC(=O)NCCOCCOC(=O)NNI)cc1. The minimum absolute atomic E-state index is 0.0333. The first-order chi connectivity index (χ1) is 26.3. The lowest BCUT2D eigenvalue weighted by atomic mass is 10.0. The van der Waals surface area contributed by atoms with Crippen LogP contribution >= 0.6 is 22.9 Å². The number of ether oxygens (including phenoxy) is 3. The van der Waals surface area contributed by atoms with E-state index >= 15 is 0 Å². The number of hydrogen-bond donors (Lipinski definition) is 8. The summed E-state index contributed by atoms with van der Waals surface area (Å²) in [5.74, 6) is -2.50. The van der Waals surface area contributed by atoms with Crippen LogP contribution in [0.1, 0.15) is 57.9 Å². The highest BCUT2D eigenvalue weighted by Crippen LogP contribution is 2.13. The molecule has 0 aromatic heterocycles. The lowest BCUT2D eigenvalue weighted by Crippen LogP contribution is -2.54. The molecule has 0 spiro atoms. The summed E-state index contributed by atoms with van der Waals surface area (Å²) in [4.78, 5) is 98.3. The number of nitrogens with one attached hydrogen (secondary N) is 7. The summed E-state index contributed by atoms with van der Waals surface area (Å²) in [6, 6.07) is 3.78. The number of urea groups is 1. The number of imide groups is 1. The van der Waals surface area contributed by atoms with Crippen molar-refractivity contribution in [1.82, 2.24) is 35.2 Å². The van der Waals surface area contributed by atoms with Crippen LogP contribution in [0.15, 0.2) is 36.4 Å². The van der Waals surface area contributed by atoms with Gasteiger partial charge >= 0.3 is 18.2 Å². The van der Waals surface area contributed by atoms with Gasteiger partial charge in [-0.05, 0) is 49.3 Å². The normalized spacial score (nSPS) is 13.1. The second-order valence-corrected chi connectivity index (χ2v) is 13.0. The standard InChI is InChI=1S/C34H50IN9O11/c1-22(2)29(41-26(45)8-4-3-5-17-44-27(46)13-14-28(44)47)31(49)40-25(7-6-15-37-32(36)50)30(48)39-24-11-9-23(10-12-24)21-55-33(51)38-16-18-53-19-20-54-34(52)42-43-35/h9-14,22,25,29,43H,3-8,15-21H2,1-2H3,(H,38,51)(H,39,48)(H,40,49)(H,41,45)(H,42,52)(H3,36,37,50)/t25-,29-/m0/s1. The van der Waals surface area contributed by atoms with Gasteiger partial charge in [-0.3, -0.25) is 28.9 Å². The smallest absolute Gasteiger partial charge is 0.422 e. The predicted octanol–water partition coefficient (Wildman–Crippen LogP) is 1.01. The number of benzene rings is 1. The van der Waals surface area contributed by atoms with Crippen molar-refractivity contribution in [2.45, 2.75) is 71.1 Å². The summed E-state index contributed by atoms with van der Waals surface area (Å²) < 4.78 is 17.7. The molecule has 55 heavy (non-hydrogen) atoms. The first-order valence-electron chi connectivity index (χ1n) is 17.6. The second-order valence-electron chi connectivity index (χ2n) is 12.4. The average molecular weight is 888 g/mol. The molecule has 2 rings (SSSR count). The summed E-state index contributed by atoms with van der Waals surface area (Å²) in [5.41, 5.74) is 8.41. The van der Waals surface area contributed by atoms with Gasteiger partial charge in [-0.2, -0.15) is 3.64 Å². The average Bonchev–Trinajstić information content (AvgIpc) is 3.46. The molecule has 0 saturated carbocycles. The molecule has 9 amide bonds. The topological polar surface area (TPSA) is 278 Å². The minimum Gasteiger partial charge on any atom is -0.446 e. The minimum atomic E-state index is -1.04. The van der Waals surface area contributed by atoms with E-state index < -0.39 is 42.1 Å². The number of hydrogen-bond acceptors (Lipinski definition) is 12. The maximum absolute atomic E-state index is 13.4. The monoisotopic (exact) mass is 887 g/mol. The van der Waals surface area contributed by atoms with Gasteiger partial charge in [0.05, 0.1) is 13.2 Å². The zero-order chi connectivity index (χ0) is 40.6. The number of rotatable bonds is 25. The second kappa shape index (κ2) is 25.9. The van der Waals surface area contributed by atoms with Crippen molar-refractivity contribution in [2.75, 3.05) is 44.8 Å². The number of halogens is 1. The number of nitrogens with two attached hydrogens (primary N) is 1. The van der Waals surface area contributed by atoms with E-state index in [1.807, 2.05) is 0 Å². The third-order valence-electron chi connectivity index (χ3n) is 7.77. The molecule has 20 nitrogen and oxygen atoms in total. The van der Waals surface area contributed by atoms with Crippen LogP contribution in [0.3, 0.4) is 0 Å². The van der Waals surface area contributed by atoms with E-state index in [0.717, 1.165) is 4.90 Å². The van der Waals surface area contributed by atoms with E-state index in [4.69, 9.17) is 19.9 Å². The van der Waals surface area contributed by atoms with Crippen LogP contribution in [0.4, 0.5) is 20.1 Å². The van der Waals surface area contributed by atoms with Crippen LogP contribution in [-0.4, -0.2) is 104 Å². The predicted molar refractivity (Wildman–Crippen MR) is 206 cm³/mol. The molecule has 2 atom stereocenters. The van der Waals surface area contributed by atoms with Crippen LogP contribution in [0.2, 0.25) is 0 Å². The van der Waals surface area contributed by atoms with Crippen molar-refractivity contribution in [3.05, 3.63) is 42.0 Å². The summed E-state index contributed by atoms with van der Waals surface area (Å²) in [5, 5.41) is 13.2. The molecule has 0 bridgehead atoms. The van der Waals surface area contributed by atoms with Gasteiger partial charge in [-0.1, -0.05) is 32.4 Å². The van der Waals surface area contributed by atoms with Crippen molar-refractivity contribution in [2.24, 2.45) is 11.7 Å². The van der Waals surface area contributed by atoms with Crippen molar-refractivity contribution in [1.29, 1.82) is 0 Å². The quantitative estimate of drug-likeness (QED) is 0.0225. The Kier molecular flexibility index (Phi) is 21.7. The Morgan fingerprint density at radius 2 is 1.51 bits per heavy atom. The molecule has 0 fully saturated rings. The third-order valence-corrected chi connectivity index (χ3v) is 8.04. The molecule has 0 radical (unpaired) electrons. The van der Waals surface area contributed by atoms with E-state index in [9.17, 15) is 38.4 Å². The highest BCUT2D eigenvalue weighted by atomic mass is 127. The van der Waals surface area contributed by atoms with Crippen LogP contribution < -0.4 is 41.4 Å². The van der Waals surface area contributed by atoms with Crippen molar-refractivity contribution >= 4 is 76.3 Å². The maximum atomic E-state index is 13.4. The van der Waals surface area contributed by atoms with Crippen LogP contribution in [0, 0.1) is 5.92 Å². The number of nitrogens with zero attached hydrogens (tertiary/aromatic N) is 1. The molecular formula is C34H50IN9O11. The number of carbonyl (C=O) groups is 8. The fraction of sp³-hybridized carbons (Fsp3) is 0.529. The van der Waals surface area contributed by atoms with Gasteiger partial charge < -0.3 is 46.5 Å². The summed E-state index contributed by atoms with van der Waals surface area (Å²) in [6.07, 6.45) is 3.28. The highest BCUT2D eigenvalue weighted by molar-refractivity contribution is 14.1. The molecule has 1 heterocycles. The number of primary amides is 1. The Labute approximate surface area is 332 Å². The molecule has 0 aliphatic carbocycles. The molecule has 1 aliphatic rings. The third kappa shape index (κ3) is 19.2. The summed E-state index contributed by atoms with van der Waals surface area (Å²) in [6.45, 7) is 4.39. The van der Waals surface area contributed by atoms with Crippen LogP contribution in [0.25, 0.3) is 0 Å². The largest absolute Gasteiger partial charge is 0.446 e. The van der Waals surface area contributed by atoms with E-state index in [1.54, 1.807) is 61.0 Å². The maximum Gasteiger partial charge on any atom is 0.422 e. The molecule has 21 heteroatoms. The van der Waals surface area contributed by atoms with Gasteiger partial charge in [0.15, 0.2) is 0 Å². The Morgan fingerprint density at radius 1 is 0.800 bits per heavy atom. The first-order valence-corrected chi connectivity index (χ1v) is 18.7. The fourth-order valence-electron chi connectivity index (χ4n) is 4.92. The number of unbranched alkanes of at least 4 members (excludes halogenated alkanes) is 2. The molecule has 0 unspecified atom stereocenters. The molecule has 0 saturated heterocycles. The van der Waals surface area contributed by atoms with Crippen molar-refractivity contribution < 1.29 is 52.6 Å². The molecular weight excluding hydrogens is 837 g/mol. The number of amides is 9. The number of alkyl carbamates (subject to hydrolysis) is 1. The van der Waals surface area contributed by atoms with Crippen molar-refractivity contribution in [3.63, 3.8) is 0 Å². The summed E-state index contributed by atoms with van der Waals surface area (Å²) in [7, 11) is 0. The molecule has 1 aromatic rings. The lowest BCUT2D eigenvalue weighted by Gasteiger charge is -2.25. The van der Waals surface area contributed by atoms with Crippen molar-refractivity contribution in [3.8, 4) is 0 Å². The molecule has 304 valence electrons. The summed E-state index contributed by atoms with van der Waals surface area (Å²) >= 11 is 1.72. The van der Waals surface area contributed by atoms with E-state index in [1.165, 1.54) is 12.2 Å². The molecule has 9 N–H and O–H groups in total. The van der Waals surface area contributed by atoms with E-state index in [2.05, 4.69) is 35.6 Å². The fourth-order valence-corrected chi connectivity index (χ4v) is 5.14. The number of anilines is 1. The van der Waals surface area contributed by atoms with Gasteiger partial charge in [0, 0.05) is 66.8 Å². The van der Waals surface area contributed by atoms with Gasteiger partial charge in [0.1, 0.15) is 25.3 Å². The zero-order valence-electron chi connectivity index (χ0n) is 30.8. The highest BCUT2D eigenvalue weighted by Gasteiger charge is 2.29. The van der Waals surface area contributed by atoms with Crippen LogP contribution in [0.5, 0.6) is 0 Å². The van der Waals surface area contributed by atoms with Crippen LogP contribution in [-0.2, 0) is 44.8 Å². The zero-order valence-corrected chi connectivity index (χ0v) is 32.9. The Bertz CT molecular complexity index is 1480. The van der Waals surface area contributed by atoms with E-state index in [0.29, 0.717) is 36.9 Å². The Balaban J connectivity index is 1.84. The lowest BCUT2D eigenvalue weighted by molar-refractivity contribution is -0.137. The van der Waals surface area contributed by atoms with Gasteiger partial charge in [-0.15, -0.1) is 0 Å². The number of hydrazine groups is 1. The Morgan fingerprint density at radius 3 is 2.16 bits per heavy atom. The molecule has 1 aliphatic heterocycles.